The van der Waals surface area contributed by atoms with Crippen molar-refractivity contribution in [2.24, 2.45) is 0 Å². The van der Waals surface area contributed by atoms with Crippen molar-refractivity contribution in [2.75, 3.05) is 13.6 Å². The maximum atomic E-state index is 13.8. The van der Waals surface area contributed by atoms with Crippen LogP contribution in [0.5, 0.6) is 0 Å². The highest BCUT2D eigenvalue weighted by atomic mass is 19.1. The van der Waals surface area contributed by atoms with Gasteiger partial charge in [-0.15, -0.1) is 0 Å². The molecule has 0 radical (unpaired) electrons. The average Bonchev–Trinajstić information content (AvgIpc) is 2.48. The third-order valence-electron chi connectivity index (χ3n) is 3.11. The molecule has 0 aliphatic heterocycles. The molecule has 6 heteroatoms. The summed E-state index contributed by atoms with van der Waals surface area (Å²) < 4.78 is 13.8. The Labute approximate surface area is 122 Å². The van der Waals surface area contributed by atoms with Crippen LogP contribution in [0.1, 0.15) is 21.6 Å². The van der Waals surface area contributed by atoms with Gasteiger partial charge in [-0.1, -0.05) is 6.07 Å². The number of carbonyl (C=O) groups is 1. The van der Waals surface area contributed by atoms with Crippen LogP contribution >= 0.6 is 0 Å². The average molecular weight is 289 g/mol. The third kappa shape index (κ3) is 4.32. The number of aromatic nitrogens is 2. The van der Waals surface area contributed by atoms with Crippen LogP contribution in [0.25, 0.3) is 0 Å². The highest BCUT2D eigenvalue weighted by molar-refractivity contribution is 5.87. The van der Waals surface area contributed by atoms with Crippen LogP contribution in [0.2, 0.25) is 0 Å². The van der Waals surface area contributed by atoms with Gasteiger partial charge in [0.05, 0.1) is 11.3 Å². The molecule has 2 aromatic rings. The molecule has 2 rings (SSSR count). The van der Waals surface area contributed by atoms with Crippen LogP contribution in [-0.4, -0.2) is 39.5 Å². The van der Waals surface area contributed by atoms with Crippen molar-refractivity contribution in [2.45, 2.75) is 13.0 Å². The number of halogens is 1. The van der Waals surface area contributed by atoms with Crippen molar-refractivity contribution in [3.05, 3.63) is 59.4 Å². The Morgan fingerprint density at radius 3 is 2.81 bits per heavy atom. The molecule has 0 saturated heterocycles. The molecule has 0 aliphatic carbocycles. The van der Waals surface area contributed by atoms with Gasteiger partial charge < -0.3 is 10.0 Å². The SMILES string of the molecule is CN(CCc1cnccn1)Cc1ccc(C(=O)O)cc1F. The molecule has 1 aromatic heterocycles. The minimum Gasteiger partial charge on any atom is -0.478 e. The first-order chi connectivity index (χ1) is 10.1. The van der Waals surface area contributed by atoms with Crippen molar-refractivity contribution < 1.29 is 14.3 Å². The second-order valence-electron chi connectivity index (χ2n) is 4.80. The van der Waals surface area contributed by atoms with E-state index < -0.39 is 11.8 Å². The first kappa shape index (κ1) is 15.1. The lowest BCUT2D eigenvalue weighted by atomic mass is 10.1. The second kappa shape index (κ2) is 6.90. The van der Waals surface area contributed by atoms with E-state index in [2.05, 4.69) is 9.97 Å². The van der Waals surface area contributed by atoms with Crippen LogP contribution in [0, 0.1) is 5.82 Å². The van der Waals surface area contributed by atoms with E-state index in [1.54, 1.807) is 18.6 Å². The molecule has 1 N–H and O–H groups in total. The fourth-order valence-corrected chi connectivity index (χ4v) is 1.94. The number of aromatic carboxylic acids is 1. The summed E-state index contributed by atoms with van der Waals surface area (Å²) in [6.07, 6.45) is 5.68. The Kier molecular flexibility index (Phi) is 4.94. The number of nitrogens with zero attached hydrogens (tertiary/aromatic N) is 3. The van der Waals surface area contributed by atoms with E-state index in [1.165, 1.54) is 12.1 Å². The molecule has 0 unspecified atom stereocenters. The number of carboxylic acids is 1. The molecule has 5 nitrogen and oxygen atoms in total. The summed E-state index contributed by atoms with van der Waals surface area (Å²) in [4.78, 5) is 20.9. The summed E-state index contributed by atoms with van der Waals surface area (Å²) in [5.41, 5.74) is 1.31. The molecule has 0 bridgehead atoms. The topological polar surface area (TPSA) is 66.3 Å². The van der Waals surface area contributed by atoms with Gasteiger partial charge in [-0.2, -0.15) is 0 Å². The molecule has 110 valence electrons. The zero-order valence-corrected chi connectivity index (χ0v) is 11.7. The zero-order valence-electron chi connectivity index (χ0n) is 11.7. The van der Waals surface area contributed by atoms with Gasteiger partial charge in [0.2, 0.25) is 0 Å². The molecule has 21 heavy (non-hydrogen) atoms. The van der Waals surface area contributed by atoms with E-state index in [1.807, 2.05) is 11.9 Å². The number of benzene rings is 1. The van der Waals surface area contributed by atoms with Crippen LogP contribution < -0.4 is 0 Å². The Morgan fingerprint density at radius 2 is 2.19 bits per heavy atom. The van der Waals surface area contributed by atoms with E-state index in [4.69, 9.17) is 5.11 Å². The number of rotatable bonds is 6. The van der Waals surface area contributed by atoms with Gasteiger partial charge in [0.25, 0.3) is 0 Å². The van der Waals surface area contributed by atoms with Gasteiger partial charge in [0.15, 0.2) is 0 Å². The monoisotopic (exact) mass is 289 g/mol. The van der Waals surface area contributed by atoms with E-state index in [0.717, 1.165) is 18.2 Å². The minimum atomic E-state index is -1.13. The predicted molar refractivity (Wildman–Crippen MR) is 75.4 cm³/mol. The highest BCUT2D eigenvalue weighted by Crippen LogP contribution is 2.12. The normalized spacial score (nSPS) is 10.8. The summed E-state index contributed by atoms with van der Waals surface area (Å²) in [7, 11) is 1.88. The van der Waals surface area contributed by atoms with Gasteiger partial charge >= 0.3 is 5.97 Å². The first-order valence-corrected chi connectivity index (χ1v) is 6.51. The molecule has 0 atom stereocenters. The molecule has 0 spiro atoms. The molecule has 0 aliphatic rings. The number of hydrogen-bond donors (Lipinski definition) is 1. The fourth-order valence-electron chi connectivity index (χ4n) is 1.94. The zero-order chi connectivity index (χ0) is 15.2. The standard InChI is InChI=1S/C15H16FN3O2/c1-19(7-4-13-9-17-5-6-18-13)10-12-3-2-11(15(20)21)8-14(12)16/h2-3,5-6,8-9H,4,7,10H2,1H3,(H,20,21). The Balaban J connectivity index is 1.93. The second-order valence-corrected chi connectivity index (χ2v) is 4.80. The molecule has 1 aromatic carbocycles. The summed E-state index contributed by atoms with van der Waals surface area (Å²) in [5.74, 6) is -1.63. The van der Waals surface area contributed by atoms with Gasteiger partial charge in [0.1, 0.15) is 5.82 Å². The first-order valence-electron chi connectivity index (χ1n) is 6.51. The molecule has 1 heterocycles. The smallest absolute Gasteiger partial charge is 0.335 e. The lowest BCUT2D eigenvalue weighted by molar-refractivity contribution is 0.0696. The Morgan fingerprint density at radius 1 is 1.38 bits per heavy atom. The summed E-state index contributed by atoms with van der Waals surface area (Å²) in [6, 6.07) is 3.98. The van der Waals surface area contributed by atoms with Crippen molar-refractivity contribution in [1.82, 2.24) is 14.9 Å². The van der Waals surface area contributed by atoms with Gasteiger partial charge in [-0.05, 0) is 19.2 Å². The maximum Gasteiger partial charge on any atom is 0.335 e. The number of carboxylic acid groups (broad SMARTS) is 1. The minimum absolute atomic E-state index is 0.0431. The van der Waals surface area contributed by atoms with Crippen molar-refractivity contribution in [3.8, 4) is 0 Å². The maximum absolute atomic E-state index is 13.8. The van der Waals surface area contributed by atoms with Gasteiger partial charge in [-0.3, -0.25) is 9.97 Å². The van der Waals surface area contributed by atoms with Crippen LogP contribution in [0.4, 0.5) is 4.39 Å². The lowest BCUT2D eigenvalue weighted by Gasteiger charge is -2.16. The number of likely N-dealkylation sites (N-methyl/N-ethyl adjacent to an activating group) is 1. The molecular formula is C15H16FN3O2. The molecular weight excluding hydrogens is 273 g/mol. The van der Waals surface area contributed by atoms with E-state index in [9.17, 15) is 9.18 Å². The molecule has 0 fully saturated rings. The van der Waals surface area contributed by atoms with E-state index >= 15 is 0 Å². The number of hydrogen-bond acceptors (Lipinski definition) is 4. The van der Waals surface area contributed by atoms with Gasteiger partial charge in [0, 0.05) is 43.7 Å². The highest BCUT2D eigenvalue weighted by Gasteiger charge is 2.10. The van der Waals surface area contributed by atoms with Crippen LogP contribution in [-0.2, 0) is 13.0 Å². The van der Waals surface area contributed by atoms with Crippen LogP contribution in [0.15, 0.2) is 36.8 Å². The van der Waals surface area contributed by atoms with Crippen molar-refractivity contribution >= 4 is 5.97 Å². The summed E-state index contributed by atoms with van der Waals surface area (Å²) in [6.45, 7) is 1.12. The molecule has 0 saturated carbocycles. The summed E-state index contributed by atoms with van der Waals surface area (Å²) in [5, 5.41) is 8.80. The lowest BCUT2D eigenvalue weighted by Crippen LogP contribution is -2.21. The van der Waals surface area contributed by atoms with Crippen molar-refractivity contribution in [1.29, 1.82) is 0 Å². The van der Waals surface area contributed by atoms with Crippen molar-refractivity contribution in [3.63, 3.8) is 0 Å². The van der Waals surface area contributed by atoms with Gasteiger partial charge in [-0.25, -0.2) is 9.18 Å². The van der Waals surface area contributed by atoms with Crippen LogP contribution in [0.3, 0.4) is 0 Å². The Bertz CT molecular complexity index is 620. The fraction of sp³-hybridized carbons (Fsp3) is 0.267. The molecule has 0 amide bonds. The predicted octanol–water partition coefficient (Wildman–Crippen LogP) is 1.99. The quantitative estimate of drug-likeness (QED) is 0.881. The Hall–Kier alpha value is -2.34. The van der Waals surface area contributed by atoms with E-state index in [0.29, 0.717) is 18.7 Å². The third-order valence-corrected chi connectivity index (χ3v) is 3.11. The largest absolute Gasteiger partial charge is 0.478 e. The summed E-state index contributed by atoms with van der Waals surface area (Å²) >= 11 is 0. The van der Waals surface area contributed by atoms with E-state index in [-0.39, 0.29) is 5.56 Å².